The zero-order valence-corrected chi connectivity index (χ0v) is 22.7. The molecule has 8 heteroatoms. The van der Waals surface area contributed by atoms with Crippen LogP contribution in [0.3, 0.4) is 0 Å². The SMILES string of the molecule is CCCCCCCCCCCCOS(=O)(=O)c1ccccc1.c1ccc2[nH]c(-c3cscn3)nc2c1. The summed E-state index contributed by atoms with van der Waals surface area (Å²) in [6, 6.07) is 16.3. The van der Waals surface area contributed by atoms with Gasteiger partial charge >= 0.3 is 0 Å². The van der Waals surface area contributed by atoms with Gasteiger partial charge in [-0.2, -0.15) is 8.42 Å². The smallest absolute Gasteiger partial charge is 0.296 e. The highest BCUT2D eigenvalue weighted by Crippen LogP contribution is 2.19. The van der Waals surface area contributed by atoms with Crippen molar-refractivity contribution in [2.45, 2.75) is 76.0 Å². The van der Waals surface area contributed by atoms with Crippen LogP contribution in [-0.4, -0.2) is 30.0 Å². The molecule has 6 nitrogen and oxygen atoms in total. The average Bonchev–Trinajstić information content (AvgIpc) is 3.58. The molecule has 2 heterocycles. The van der Waals surface area contributed by atoms with Crippen molar-refractivity contribution in [3.63, 3.8) is 0 Å². The first kappa shape index (κ1) is 28.0. The molecule has 0 unspecified atom stereocenters. The summed E-state index contributed by atoms with van der Waals surface area (Å²) in [5.41, 5.74) is 4.75. The molecule has 0 aliphatic rings. The molecular weight excluding hydrogens is 490 g/mol. The fraction of sp³-hybridized carbons (Fsp3) is 0.429. The number of para-hydroxylation sites is 2. The Bertz CT molecular complexity index is 1190. The maximum Gasteiger partial charge on any atom is 0.296 e. The summed E-state index contributed by atoms with van der Waals surface area (Å²) in [5.74, 6) is 0.840. The van der Waals surface area contributed by atoms with E-state index in [1.54, 1.807) is 41.7 Å². The zero-order valence-electron chi connectivity index (χ0n) is 21.1. The van der Waals surface area contributed by atoms with Crippen LogP contribution in [0, 0.1) is 0 Å². The molecular formula is C28H37N3O3S2. The molecule has 2 aromatic heterocycles. The summed E-state index contributed by atoms with van der Waals surface area (Å²) in [6.45, 7) is 2.52. The molecule has 0 aliphatic heterocycles. The van der Waals surface area contributed by atoms with Gasteiger partial charge in [0.25, 0.3) is 10.1 Å². The number of hydrogen-bond donors (Lipinski definition) is 1. The van der Waals surface area contributed by atoms with E-state index in [1.807, 2.05) is 35.2 Å². The highest BCUT2D eigenvalue weighted by molar-refractivity contribution is 7.86. The number of H-pyrrole nitrogens is 1. The molecule has 2 aromatic carbocycles. The number of imidazole rings is 1. The van der Waals surface area contributed by atoms with Crippen molar-refractivity contribution in [3.8, 4) is 11.5 Å². The molecule has 0 amide bonds. The molecule has 0 spiro atoms. The summed E-state index contributed by atoms with van der Waals surface area (Å²) in [4.78, 5) is 12.1. The zero-order chi connectivity index (χ0) is 25.5. The van der Waals surface area contributed by atoms with E-state index in [4.69, 9.17) is 4.18 Å². The lowest BCUT2D eigenvalue weighted by atomic mass is 10.1. The molecule has 0 fully saturated rings. The Hall–Kier alpha value is -2.55. The monoisotopic (exact) mass is 527 g/mol. The Balaban J connectivity index is 0.000000218. The molecule has 0 aliphatic carbocycles. The van der Waals surface area contributed by atoms with Gasteiger partial charge in [0, 0.05) is 5.38 Å². The van der Waals surface area contributed by atoms with Gasteiger partial charge in [0.2, 0.25) is 0 Å². The van der Waals surface area contributed by atoms with Crippen LogP contribution in [0.5, 0.6) is 0 Å². The van der Waals surface area contributed by atoms with E-state index in [0.29, 0.717) is 0 Å². The Morgan fingerprint density at radius 3 is 2.11 bits per heavy atom. The van der Waals surface area contributed by atoms with Crippen molar-refractivity contribution in [1.29, 1.82) is 0 Å². The second kappa shape index (κ2) is 15.5. The molecule has 36 heavy (non-hydrogen) atoms. The Morgan fingerprint density at radius 1 is 0.833 bits per heavy atom. The van der Waals surface area contributed by atoms with Gasteiger partial charge in [0.05, 0.1) is 28.0 Å². The number of aromatic amines is 1. The number of fused-ring (bicyclic) bond motifs is 1. The highest BCUT2D eigenvalue weighted by atomic mass is 32.2. The topological polar surface area (TPSA) is 84.9 Å². The van der Waals surface area contributed by atoms with E-state index in [0.717, 1.165) is 35.4 Å². The van der Waals surface area contributed by atoms with Crippen LogP contribution in [-0.2, 0) is 14.3 Å². The number of aromatic nitrogens is 3. The maximum absolute atomic E-state index is 11.9. The minimum absolute atomic E-state index is 0.238. The number of benzene rings is 2. The van der Waals surface area contributed by atoms with Crippen LogP contribution in [0.15, 0.2) is 70.4 Å². The average molecular weight is 528 g/mol. The molecule has 4 rings (SSSR count). The van der Waals surface area contributed by atoms with Gasteiger partial charge in [-0.05, 0) is 30.7 Å². The van der Waals surface area contributed by atoms with Crippen LogP contribution in [0.2, 0.25) is 0 Å². The second-order valence-corrected chi connectivity index (χ2v) is 11.1. The lowest BCUT2D eigenvalue weighted by molar-refractivity contribution is 0.306. The van der Waals surface area contributed by atoms with Gasteiger partial charge in [-0.3, -0.25) is 4.18 Å². The quantitative estimate of drug-likeness (QED) is 0.133. The van der Waals surface area contributed by atoms with E-state index in [9.17, 15) is 8.42 Å². The van der Waals surface area contributed by atoms with Crippen molar-refractivity contribution in [1.82, 2.24) is 15.0 Å². The van der Waals surface area contributed by atoms with Crippen LogP contribution >= 0.6 is 11.3 Å². The standard InChI is InChI=1S/C18H30O3S.C10H7N3S/c1-2-3-4-5-6-7-8-9-10-14-17-21-22(19,20)18-15-12-11-13-16-18;1-2-4-8-7(3-1)12-10(13-8)9-5-14-6-11-9/h11-13,15-16H,2-10,14,17H2,1H3;1-6H,(H,12,13). The Kier molecular flexibility index (Phi) is 12.1. The number of unbranched alkanes of at least 4 members (excludes halogenated alkanes) is 9. The van der Waals surface area contributed by atoms with Crippen molar-refractivity contribution in [3.05, 3.63) is 65.5 Å². The predicted molar refractivity (Wildman–Crippen MR) is 149 cm³/mol. The summed E-state index contributed by atoms with van der Waals surface area (Å²) in [6.07, 6.45) is 12.3. The third-order valence-corrected chi connectivity index (χ3v) is 7.75. The molecule has 4 aromatic rings. The van der Waals surface area contributed by atoms with E-state index >= 15 is 0 Å². The summed E-state index contributed by atoms with van der Waals surface area (Å²) in [7, 11) is -3.57. The largest absolute Gasteiger partial charge is 0.337 e. The number of rotatable bonds is 14. The summed E-state index contributed by atoms with van der Waals surface area (Å²) < 4.78 is 28.8. The highest BCUT2D eigenvalue weighted by Gasteiger charge is 2.13. The molecule has 0 atom stereocenters. The Morgan fingerprint density at radius 2 is 1.47 bits per heavy atom. The van der Waals surface area contributed by atoms with Gasteiger partial charge in [-0.15, -0.1) is 11.3 Å². The van der Waals surface area contributed by atoms with E-state index in [-0.39, 0.29) is 11.5 Å². The lowest BCUT2D eigenvalue weighted by Gasteiger charge is -2.05. The van der Waals surface area contributed by atoms with Gasteiger partial charge in [-0.25, -0.2) is 9.97 Å². The van der Waals surface area contributed by atoms with Gasteiger partial charge in [0.1, 0.15) is 5.69 Å². The molecule has 0 bridgehead atoms. The molecule has 0 radical (unpaired) electrons. The van der Waals surface area contributed by atoms with Crippen molar-refractivity contribution >= 4 is 32.5 Å². The first-order chi connectivity index (χ1) is 17.6. The fourth-order valence-corrected chi connectivity index (χ4v) is 5.32. The van der Waals surface area contributed by atoms with Crippen LogP contribution in [0.1, 0.15) is 71.1 Å². The normalized spacial score (nSPS) is 11.4. The first-order valence-corrected chi connectivity index (χ1v) is 15.2. The number of hydrogen-bond acceptors (Lipinski definition) is 6. The van der Waals surface area contributed by atoms with Crippen molar-refractivity contribution < 1.29 is 12.6 Å². The van der Waals surface area contributed by atoms with E-state index < -0.39 is 10.1 Å². The number of thiazole rings is 1. The summed E-state index contributed by atoms with van der Waals surface area (Å²) in [5, 5.41) is 1.98. The second-order valence-electron chi connectivity index (χ2n) is 8.75. The molecule has 0 saturated heterocycles. The van der Waals surface area contributed by atoms with Gasteiger partial charge in [0.15, 0.2) is 5.82 Å². The third-order valence-electron chi connectivity index (χ3n) is 5.83. The Labute approximate surface area is 219 Å². The fourth-order valence-electron chi connectivity index (χ4n) is 3.82. The molecule has 194 valence electrons. The van der Waals surface area contributed by atoms with E-state index in [1.165, 1.54) is 51.4 Å². The van der Waals surface area contributed by atoms with Crippen LogP contribution in [0.4, 0.5) is 0 Å². The van der Waals surface area contributed by atoms with Crippen LogP contribution in [0.25, 0.3) is 22.6 Å². The number of nitrogens with one attached hydrogen (secondary N) is 1. The third kappa shape index (κ3) is 9.48. The van der Waals surface area contributed by atoms with Crippen molar-refractivity contribution in [2.24, 2.45) is 0 Å². The van der Waals surface area contributed by atoms with Gasteiger partial charge < -0.3 is 4.98 Å². The van der Waals surface area contributed by atoms with Crippen LogP contribution < -0.4 is 0 Å². The summed E-state index contributed by atoms with van der Waals surface area (Å²) >= 11 is 1.57. The molecule has 1 N–H and O–H groups in total. The van der Waals surface area contributed by atoms with E-state index in [2.05, 4.69) is 21.9 Å². The van der Waals surface area contributed by atoms with Gasteiger partial charge in [-0.1, -0.05) is 95.0 Å². The molecule has 0 saturated carbocycles. The lowest BCUT2D eigenvalue weighted by Crippen LogP contribution is -2.07. The predicted octanol–water partition coefficient (Wildman–Crippen LogP) is 8.00. The first-order valence-electron chi connectivity index (χ1n) is 12.9. The maximum atomic E-state index is 11.9. The van der Waals surface area contributed by atoms with Crippen molar-refractivity contribution in [2.75, 3.05) is 6.61 Å². The minimum atomic E-state index is -3.57. The minimum Gasteiger partial charge on any atom is -0.337 e. The number of nitrogens with zero attached hydrogens (tertiary/aromatic N) is 2.